The first-order valence-corrected chi connectivity index (χ1v) is 11.7. The molecule has 4 rings (SSSR count). The van der Waals surface area contributed by atoms with Crippen LogP contribution in [0.1, 0.15) is 42.2 Å². The van der Waals surface area contributed by atoms with Crippen molar-refractivity contribution in [3.05, 3.63) is 41.7 Å². The summed E-state index contributed by atoms with van der Waals surface area (Å²) in [4.78, 5) is 45.6. The lowest BCUT2D eigenvalue weighted by Gasteiger charge is -2.31. The standard InChI is InChI=1S/C24H30N8O3/c1-3-12-35-23(34)16-8-10-32(11-9-16)22(33)15-4-6-18(7-5-15)31(2)14-17-13-27-21-19(28-17)20(25)29-24(26)30-21/h4-7,13,16H,3,8-12,14H2,1-2H3,(H4,25,26,27,29,30). The molecule has 4 N–H and O–H groups in total. The highest BCUT2D eigenvalue weighted by molar-refractivity contribution is 5.94. The van der Waals surface area contributed by atoms with Gasteiger partial charge in [0, 0.05) is 31.4 Å². The molecule has 3 heterocycles. The number of fused-ring (bicyclic) bond motifs is 1. The summed E-state index contributed by atoms with van der Waals surface area (Å²) in [6, 6.07) is 7.43. The molecule has 3 aromatic rings. The van der Waals surface area contributed by atoms with Crippen LogP contribution in [0.15, 0.2) is 30.5 Å². The van der Waals surface area contributed by atoms with Gasteiger partial charge in [0.2, 0.25) is 5.95 Å². The third-order valence-electron chi connectivity index (χ3n) is 6.02. The topological polar surface area (TPSA) is 153 Å². The van der Waals surface area contributed by atoms with Crippen LogP contribution in [0.5, 0.6) is 0 Å². The van der Waals surface area contributed by atoms with E-state index in [1.807, 2.05) is 43.1 Å². The smallest absolute Gasteiger partial charge is 0.309 e. The minimum atomic E-state index is -0.151. The van der Waals surface area contributed by atoms with E-state index >= 15 is 0 Å². The molecule has 0 unspecified atom stereocenters. The van der Waals surface area contributed by atoms with Crippen LogP contribution in [0.25, 0.3) is 11.2 Å². The van der Waals surface area contributed by atoms with Crippen LogP contribution in [-0.2, 0) is 16.1 Å². The number of benzene rings is 1. The maximum atomic E-state index is 12.9. The van der Waals surface area contributed by atoms with Crippen molar-refractivity contribution in [1.82, 2.24) is 24.8 Å². The number of piperidine rings is 1. The van der Waals surface area contributed by atoms with Crippen molar-refractivity contribution >= 4 is 40.5 Å². The lowest BCUT2D eigenvalue weighted by Crippen LogP contribution is -2.40. The van der Waals surface area contributed by atoms with Crippen LogP contribution in [-0.4, -0.2) is 63.5 Å². The lowest BCUT2D eigenvalue weighted by molar-refractivity contribution is -0.150. The van der Waals surface area contributed by atoms with Crippen molar-refractivity contribution in [3.8, 4) is 0 Å². The number of rotatable bonds is 7. The number of esters is 1. The van der Waals surface area contributed by atoms with Crippen molar-refractivity contribution in [2.24, 2.45) is 5.92 Å². The Morgan fingerprint density at radius 3 is 2.51 bits per heavy atom. The van der Waals surface area contributed by atoms with Gasteiger partial charge in [-0.1, -0.05) is 6.92 Å². The third kappa shape index (κ3) is 5.56. The minimum Gasteiger partial charge on any atom is -0.465 e. The number of nitrogens with two attached hydrogens (primary N) is 2. The fourth-order valence-electron chi connectivity index (χ4n) is 4.07. The zero-order valence-corrected chi connectivity index (χ0v) is 20.0. The average molecular weight is 479 g/mol. The summed E-state index contributed by atoms with van der Waals surface area (Å²) in [6.07, 6.45) is 3.70. The van der Waals surface area contributed by atoms with Gasteiger partial charge in [-0.2, -0.15) is 9.97 Å². The molecule has 2 aromatic heterocycles. The van der Waals surface area contributed by atoms with E-state index in [0.717, 1.165) is 12.1 Å². The summed E-state index contributed by atoms with van der Waals surface area (Å²) in [5.41, 5.74) is 14.5. The molecule has 11 heteroatoms. The molecule has 0 bridgehead atoms. The van der Waals surface area contributed by atoms with Crippen LogP contribution in [0.4, 0.5) is 17.5 Å². The molecule has 1 amide bonds. The first-order valence-electron chi connectivity index (χ1n) is 11.7. The highest BCUT2D eigenvalue weighted by atomic mass is 16.5. The second kappa shape index (κ2) is 10.5. The van der Waals surface area contributed by atoms with Crippen molar-refractivity contribution < 1.29 is 14.3 Å². The van der Waals surface area contributed by atoms with E-state index in [1.54, 1.807) is 11.1 Å². The van der Waals surface area contributed by atoms with Crippen LogP contribution in [0, 0.1) is 5.92 Å². The van der Waals surface area contributed by atoms with E-state index < -0.39 is 0 Å². The van der Waals surface area contributed by atoms with Gasteiger partial charge in [-0.15, -0.1) is 0 Å². The van der Waals surface area contributed by atoms with Gasteiger partial charge >= 0.3 is 5.97 Å². The molecule has 0 spiro atoms. The van der Waals surface area contributed by atoms with Gasteiger partial charge in [0.1, 0.15) is 0 Å². The maximum Gasteiger partial charge on any atom is 0.309 e. The SMILES string of the molecule is CCCOC(=O)C1CCN(C(=O)c2ccc(N(C)Cc3cnc4nc(N)nc(N)c4n3)cc2)CC1. The first kappa shape index (κ1) is 24.1. The molecular weight excluding hydrogens is 448 g/mol. The van der Waals surface area contributed by atoms with Crippen LogP contribution >= 0.6 is 0 Å². The number of carbonyl (C=O) groups is 2. The van der Waals surface area contributed by atoms with Crippen LogP contribution in [0.2, 0.25) is 0 Å². The van der Waals surface area contributed by atoms with E-state index in [-0.39, 0.29) is 29.6 Å². The van der Waals surface area contributed by atoms with E-state index in [4.69, 9.17) is 16.2 Å². The number of hydrogen-bond acceptors (Lipinski definition) is 10. The molecule has 184 valence electrons. The highest BCUT2D eigenvalue weighted by Gasteiger charge is 2.28. The second-order valence-electron chi connectivity index (χ2n) is 8.64. The maximum absolute atomic E-state index is 12.9. The number of carbonyl (C=O) groups excluding carboxylic acids is 2. The molecule has 1 aromatic carbocycles. The minimum absolute atomic E-state index is 0.0327. The predicted octanol–water partition coefficient (Wildman–Crippen LogP) is 2.03. The van der Waals surface area contributed by atoms with E-state index in [9.17, 15) is 9.59 Å². The number of ether oxygens (including phenoxy) is 1. The molecular formula is C24H30N8O3. The van der Waals surface area contributed by atoms with Crippen LogP contribution in [0.3, 0.4) is 0 Å². The molecule has 0 aliphatic carbocycles. The largest absolute Gasteiger partial charge is 0.465 e. The molecule has 1 aliphatic heterocycles. The lowest BCUT2D eigenvalue weighted by atomic mass is 9.96. The number of nitrogen functional groups attached to an aromatic ring is 2. The first-order chi connectivity index (χ1) is 16.9. The molecule has 0 saturated carbocycles. The fourth-order valence-corrected chi connectivity index (χ4v) is 4.07. The van der Waals surface area contributed by atoms with Gasteiger partial charge in [-0.05, 0) is 43.5 Å². The number of hydrogen-bond donors (Lipinski definition) is 2. The van der Waals surface area contributed by atoms with E-state index in [1.165, 1.54) is 0 Å². The second-order valence-corrected chi connectivity index (χ2v) is 8.64. The Labute approximate surface area is 203 Å². The van der Waals surface area contributed by atoms with Gasteiger partial charge in [0.15, 0.2) is 17.0 Å². The molecule has 11 nitrogen and oxygen atoms in total. The molecule has 35 heavy (non-hydrogen) atoms. The Kier molecular flexibility index (Phi) is 7.23. The van der Waals surface area contributed by atoms with E-state index in [2.05, 4.69) is 19.9 Å². The van der Waals surface area contributed by atoms with Crippen LogP contribution < -0.4 is 16.4 Å². The Bertz CT molecular complexity index is 1210. The number of aromatic nitrogens is 4. The summed E-state index contributed by atoms with van der Waals surface area (Å²) >= 11 is 0. The molecule has 1 aliphatic rings. The summed E-state index contributed by atoms with van der Waals surface area (Å²) in [5, 5.41) is 0. The Morgan fingerprint density at radius 2 is 1.83 bits per heavy atom. The monoisotopic (exact) mass is 478 g/mol. The van der Waals surface area contributed by atoms with Gasteiger partial charge in [0.05, 0.1) is 31.0 Å². The van der Waals surface area contributed by atoms with Gasteiger partial charge in [0.25, 0.3) is 5.91 Å². The van der Waals surface area contributed by atoms with E-state index in [0.29, 0.717) is 61.5 Å². The van der Waals surface area contributed by atoms with Crippen molar-refractivity contribution in [3.63, 3.8) is 0 Å². The zero-order chi connectivity index (χ0) is 24.9. The number of nitrogens with zero attached hydrogens (tertiary/aromatic N) is 6. The number of anilines is 3. The Hall–Kier alpha value is -4.02. The highest BCUT2D eigenvalue weighted by Crippen LogP contribution is 2.22. The fraction of sp³-hybridized carbons (Fsp3) is 0.417. The van der Waals surface area contributed by atoms with Gasteiger partial charge in [-0.3, -0.25) is 9.59 Å². The normalized spacial score (nSPS) is 14.2. The van der Waals surface area contributed by atoms with Gasteiger partial charge in [-0.25, -0.2) is 9.97 Å². The zero-order valence-electron chi connectivity index (χ0n) is 20.0. The Balaban J connectivity index is 1.36. The Morgan fingerprint density at radius 1 is 1.11 bits per heavy atom. The van der Waals surface area contributed by atoms with Crippen molar-refractivity contribution in [2.45, 2.75) is 32.7 Å². The molecule has 1 fully saturated rings. The average Bonchev–Trinajstić information content (AvgIpc) is 2.87. The van der Waals surface area contributed by atoms with Crippen molar-refractivity contribution in [1.29, 1.82) is 0 Å². The molecule has 0 atom stereocenters. The van der Waals surface area contributed by atoms with Gasteiger partial charge < -0.3 is 26.0 Å². The summed E-state index contributed by atoms with van der Waals surface area (Å²) < 4.78 is 5.25. The quantitative estimate of drug-likeness (QED) is 0.482. The number of amides is 1. The number of likely N-dealkylation sites (tertiary alicyclic amines) is 1. The van der Waals surface area contributed by atoms with Crippen molar-refractivity contribution in [2.75, 3.05) is 43.1 Å². The molecule has 0 radical (unpaired) electrons. The predicted molar refractivity (Wildman–Crippen MR) is 132 cm³/mol. The third-order valence-corrected chi connectivity index (χ3v) is 6.02. The molecule has 1 saturated heterocycles. The summed E-state index contributed by atoms with van der Waals surface area (Å²) in [7, 11) is 1.92. The summed E-state index contributed by atoms with van der Waals surface area (Å²) in [6.45, 7) is 3.99. The summed E-state index contributed by atoms with van der Waals surface area (Å²) in [5.74, 6) is -0.0625.